The van der Waals surface area contributed by atoms with Crippen LogP contribution in [-0.4, -0.2) is 12.5 Å². The first-order valence-electron chi connectivity index (χ1n) is 9.57. The van der Waals surface area contributed by atoms with Gasteiger partial charge in [0, 0.05) is 12.1 Å². The SMILES string of the molecule is C=C(C)C(=O)NCCCCCCCCC=CCC=CCC=CCC. The summed E-state index contributed by atoms with van der Waals surface area (Å²) in [5, 5.41) is 2.87. The molecule has 0 heterocycles. The van der Waals surface area contributed by atoms with E-state index in [2.05, 4.69) is 55.3 Å². The lowest BCUT2D eigenvalue weighted by atomic mass is 10.1. The Balaban J connectivity index is 3.27. The van der Waals surface area contributed by atoms with Crippen molar-refractivity contribution in [2.24, 2.45) is 0 Å². The van der Waals surface area contributed by atoms with E-state index in [4.69, 9.17) is 0 Å². The minimum absolute atomic E-state index is 0.0194. The monoisotopic (exact) mass is 331 g/mol. The van der Waals surface area contributed by atoms with Crippen molar-refractivity contribution >= 4 is 5.91 Å². The molecule has 0 aliphatic rings. The smallest absolute Gasteiger partial charge is 0.246 e. The van der Waals surface area contributed by atoms with Crippen molar-refractivity contribution in [1.29, 1.82) is 0 Å². The Morgan fingerprint density at radius 3 is 2.00 bits per heavy atom. The van der Waals surface area contributed by atoms with Crippen LogP contribution in [0, 0.1) is 0 Å². The Kier molecular flexibility index (Phi) is 16.6. The molecule has 1 N–H and O–H groups in total. The summed E-state index contributed by atoms with van der Waals surface area (Å²) in [6.07, 6.45) is 25.3. The molecule has 1 amide bonds. The van der Waals surface area contributed by atoms with Crippen molar-refractivity contribution in [3.63, 3.8) is 0 Å². The second-order valence-electron chi connectivity index (χ2n) is 6.24. The minimum atomic E-state index is -0.0194. The summed E-state index contributed by atoms with van der Waals surface area (Å²) in [6.45, 7) is 8.30. The molecule has 0 aromatic heterocycles. The second-order valence-corrected chi connectivity index (χ2v) is 6.24. The van der Waals surface area contributed by atoms with E-state index in [0.717, 1.165) is 32.2 Å². The maximum atomic E-state index is 11.3. The van der Waals surface area contributed by atoms with E-state index >= 15 is 0 Å². The molecular weight excluding hydrogens is 294 g/mol. The van der Waals surface area contributed by atoms with Crippen molar-refractivity contribution in [3.05, 3.63) is 48.6 Å². The van der Waals surface area contributed by atoms with Crippen molar-refractivity contribution in [2.45, 2.75) is 78.1 Å². The number of rotatable bonds is 15. The number of unbranched alkanes of at least 4 members (excludes halogenated alkanes) is 6. The fourth-order valence-electron chi connectivity index (χ4n) is 2.27. The average Bonchev–Trinajstić information content (AvgIpc) is 2.57. The van der Waals surface area contributed by atoms with Crippen molar-refractivity contribution < 1.29 is 4.79 Å². The van der Waals surface area contributed by atoms with Crippen LogP contribution >= 0.6 is 0 Å². The summed E-state index contributed by atoms with van der Waals surface area (Å²) < 4.78 is 0. The van der Waals surface area contributed by atoms with Gasteiger partial charge in [-0.1, -0.05) is 75.6 Å². The summed E-state index contributed by atoms with van der Waals surface area (Å²) in [4.78, 5) is 11.3. The number of hydrogen-bond acceptors (Lipinski definition) is 1. The summed E-state index contributed by atoms with van der Waals surface area (Å²) in [7, 11) is 0. The molecule has 0 rings (SSSR count). The van der Waals surface area contributed by atoms with Crippen LogP contribution < -0.4 is 5.32 Å². The molecule has 2 nitrogen and oxygen atoms in total. The fraction of sp³-hybridized carbons (Fsp3) is 0.591. The molecular formula is C22H37NO. The maximum Gasteiger partial charge on any atom is 0.246 e. The van der Waals surface area contributed by atoms with Gasteiger partial charge in [-0.25, -0.2) is 0 Å². The van der Waals surface area contributed by atoms with Gasteiger partial charge in [0.05, 0.1) is 0 Å². The molecule has 0 bridgehead atoms. The van der Waals surface area contributed by atoms with E-state index in [1.807, 2.05) is 0 Å². The molecule has 0 aliphatic heterocycles. The van der Waals surface area contributed by atoms with Crippen molar-refractivity contribution in [1.82, 2.24) is 5.32 Å². The van der Waals surface area contributed by atoms with E-state index in [1.165, 1.54) is 38.5 Å². The molecule has 24 heavy (non-hydrogen) atoms. The Labute approximate surface area is 149 Å². The van der Waals surface area contributed by atoms with Gasteiger partial charge in [-0.05, 0) is 45.4 Å². The molecule has 0 fully saturated rings. The van der Waals surface area contributed by atoms with Gasteiger partial charge in [0.15, 0.2) is 0 Å². The van der Waals surface area contributed by atoms with Crippen LogP contribution in [0.15, 0.2) is 48.6 Å². The minimum Gasteiger partial charge on any atom is -0.352 e. The van der Waals surface area contributed by atoms with Gasteiger partial charge in [0.1, 0.15) is 0 Å². The Morgan fingerprint density at radius 2 is 1.38 bits per heavy atom. The Hall–Kier alpha value is -1.57. The summed E-state index contributed by atoms with van der Waals surface area (Å²) in [6, 6.07) is 0. The molecule has 0 aliphatic carbocycles. The van der Waals surface area contributed by atoms with Gasteiger partial charge < -0.3 is 5.32 Å². The maximum absolute atomic E-state index is 11.3. The van der Waals surface area contributed by atoms with Crippen LogP contribution in [0.4, 0.5) is 0 Å². The third-order valence-electron chi connectivity index (χ3n) is 3.75. The zero-order chi connectivity index (χ0) is 17.9. The van der Waals surface area contributed by atoms with Crippen LogP contribution in [0.3, 0.4) is 0 Å². The molecule has 136 valence electrons. The van der Waals surface area contributed by atoms with Gasteiger partial charge in [-0.3, -0.25) is 4.79 Å². The van der Waals surface area contributed by atoms with Gasteiger partial charge in [0.25, 0.3) is 0 Å². The number of allylic oxidation sites excluding steroid dienone is 6. The number of amides is 1. The first-order valence-corrected chi connectivity index (χ1v) is 9.57. The van der Waals surface area contributed by atoms with E-state index in [9.17, 15) is 4.79 Å². The van der Waals surface area contributed by atoms with E-state index in [0.29, 0.717) is 5.57 Å². The predicted octanol–water partition coefficient (Wildman–Crippen LogP) is 6.27. The molecule has 0 saturated carbocycles. The quantitative estimate of drug-likeness (QED) is 0.214. The molecule has 0 saturated heterocycles. The molecule has 2 heteroatoms. The standard InChI is InChI=1S/C22H37NO/c1-4-5-6-7-8-9-10-11-12-13-14-15-16-17-18-19-20-23-22(24)21(2)3/h5-6,8-9,11-12H,2,4,7,10,13-20H2,1,3H3,(H,23,24). The lowest BCUT2D eigenvalue weighted by Gasteiger charge is -2.04. The third-order valence-corrected chi connectivity index (χ3v) is 3.75. The highest BCUT2D eigenvalue weighted by atomic mass is 16.1. The molecule has 0 atom stereocenters. The lowest BCUT2D eigenvalue weighted by molar-refractivity contribution is -0.117. The first kappa shape index (κ1) is 22.4. The van der Waals surface area contributed by atoms with E-state index in [1.54, 1.807) is 6.92 Å². The topological polar surface area (TPSA) is 29.1 Å². The third kappa shape index (κ3) is 16.8. The predicted molar refractivity (Wildman–Crippen MR) is 107 cm³/mol. The molecule has 0 spiro atoms. The zero-order valence-electron chi connectivity index (χ0n) is 15.9. The number of carbonyl (C=O) groups excluding carboxylic acids is 1. The Morgan fingerprint density at radius 1 is 0.833 bits per heavy atom. The number of nitrogens with one attached hydrogen (secondary N) is 1. The van der Waals surface area contributed by atoms with Gasteiger partial charge in [0.2, 0.25) is 5.91 Å². The van der Waals surface area contributed by atoms with Crippen LogP contribution in [0.2, 0.25) is 0 Å². The van der Waals surface area contributed by atoms with Crippen LogP contribution in [-0.2, 0) is 4.79 Å². The average molecular weight is 332 g/mol. The Bertz CT molecular complexity index is 404. The second kappa shape index (κ2) is 17.8. The lowest BCUT2D eigenvalue weighted by Crippen LogP contribution is -2.24. The highest BCUT2D eigenvalue weighted by Crippen LogP contribution is 2.07. The molecule has 0 unspecified atom stereocenters. The van der Waals surface area contributed by atoms with E-state index in [-0.39, 0.29) is 5.91 Å². The van der Waals surface area contributed by atoms with Gasteiger partial charge in [-0.2, -0.15) is 0 Å². The van der Waals surface area contributed by atoms with Gasteiger partial charge in [-0.15, -0.1) is 0 Å². The largest absolute Gasteiger partial charge is 0.352 e. The highest BCUT2D eigenvalue weighted by Gasteiger charge is 1.99. The van der Waals surface area contributed by atoms with Crippen molar-refractivity contribution in [3.8, 4) is 0 Å². The van der Waals surface area contributed by atoms with E-state index < -0.39 is 0 Å². The fourth-order valence-corrected chi connectivity index (χ4v) is 2.27. The van der Waals surface area contributed by atoms with Gasteiger partial charge >= 0.3 is 0 Å². The van der Waals surface area contributed by atoms with Crippen LogP contribution in [0.1, 0.15) is 78.1 Å². The van der Waals surface area contributed by atoms with Crippen LogP contribution in [0.5, 0.6) is 0 Å². The van der Waals surface area contributed by atoms with Crippen molar-refractivity contribution in [2.75, 3.05) is 6.54 Å². The summed E-state index contributed by atoms with van der Waals surface area (Å²) >= 11 is 0. The summed E-state index contributed by atoms with van der Waals surface area (Å²) in [5.41, 5.74) is 0.590. The first-order chi connectivity index (χ1) is 11.7. The normalized spacial score (nSPS) is 11.8. The zero-order valence-corrected chi connectivity index (χ0v) is 15.9. The highest BCUT2D eigenvalue weighted by molar-refractivity contribution is 5.91. The van der Waals surface area contributed by atoms with Crippen LogP contribution in [0.25, 0.3) is 0 Å². The molecule has 0 radical (unpaired) electrons. The summed E-state index contributed by atoms with van der Waals surface area (Å²) in [5.74, 6) is -0.0194. The number of carbonyl (C=O) groups is 1. The number of hydrogen-bond donors (Lipinski definition) is 1. The molecule has 0 aromatic carbocycles. The molecule has 0 aromatic rings.